The summed E-state index contributed by atoms with van der Waals surface area (Å²) in [5, 5.41) is 0. The summed E-state index contributed by atoms with van der Waals surface area (Å²) in [4.78, 5) is 11.5. The predicted octanol–water partition coefficient (Wildman–Crippen LogP) is 3.10. The largest absolute Gasteiger partial charge is 0.465 e. The molecule has 0 bridgehead atoms. The van der Waals surface area contributed by atoms with Crippen LogP contribution in [0.4, 0.5) is 0 Å². The van der Waals surface area contributed by atoms with Crippen molar-refractivity contribution in [3.05, 3.63) is 47.5 Å². The minimum atomic E-state index is -0.00868. The van der Waals surface area contributed by atoms with Gasteiger partial charge >= 0.3 is 5.97 Å². The molecule has 3 rings (SSSR count). The Morgan fingerprint density at radius 2 is 2.10 bits per heavy atom. The normalized spacial score (nSPS) is 25.0. The minimum absolute atomic E-state index is 0.00868. The molecule has 3 nitrogen and oxygen atoms in total. The molecule has 1 aliphatic carbocycles. The molecule has 0 radical (unpaired) electrons. The highest BCUT2D eigenvalue weighted by Gasteiger charge is 2.37. The second-order valence-corrected chi connectivity index (χ2v) is 5.55. The molecule has 0 spiro atoms. The first-order valence-electron chi connectivity index (χ1n) is 7.31. The second-order valence-electron chi connectivity index (χ2n) is 5.55. The van der Waals surface area contributed by atoms with Gasteiger partial charge in [-0.05, 0) is 24.8 Å². The molecular weight excluding hydrogens is 252 g/mol. The van der Waals surface area contributed by atoms with Gasteiger partial charge in [-0.2, -0.15) is 0 Å². The van der Waals surface area contributed by atoms with Crippen LogP contribution in [-0.4, -0.2) is 19.2 Å². The standard InChI is InChI=1S/C17H20O3/c18-17-16-7-6-13(10-15(16)12-20-17)8-9-19-11-14-4-2-1-3-5-14/h1-5,10,15-16H,6-9,11-12H2/t15-,16-/m1/s1. The lowest BCUT2D eigenvalue weighted by Gasteiger charge is -2.20. The van der Waals surface area contributed by atoms with E-state index in [1.165, 1.54) is 11.1 Å². The fourth-order valence-corrected chi connectivity index (χ4v) is 2.98. The van der Waals surface area contributed by atoms with Gasteiger partial charge < -0.3 is 9.47 Å². The Morgan fingerprint density at radius 3 is 2.95 bits per heavy atom. The Labute approximate surface area is 119 Å². The summed E-state index contributed by atoms with van der Waals surface area (Å²) in [7, 11) is 0. The van der Waals surface area contributed by atoms with Gasteiger partial charge in [-0.3, -0.25) is 4.79 Å². The molecule has 20 heavy (non-hydrogen) atoms. The Kier molecular flexibility index (Phi) is 4.16. The van der Waals surface area contributed by atoms with Crippen LogP contribution in [0.25, 0.3) is 0 Å². The number of rotatable bonds is 5. The third kappa shape index (κ3) is 3.10. The van der Waals surface area contributed by atoms with Crippen LogP contribution in [0.3, 0.4) is 0 Å². The maximum absolute atomic E-state index is 11.5. The second kappa shape index (κ2) is 6.23. The van der Waals surface area contributed by atoms with Crippen molar-refractivity contribution in [1.29, 1.82) is 0 Å². The van der Waals surface area contributed by atoms with E-state index >= 15 is 0 Å². The van der Waals surface area contributed by atoms with Gasteiger partial charge in [-0.15, -0.1) is 0 Å². The summed E-state index contributed by atoms with van der Waals surface area (Å²) in [5.74, 6) is 0.412. The van der Waals surface area contributed by atoms with E-state index in [1.54, 1.807) is 0 Å². The molecular formula is C17H20O3. The van der Waals surface area contributed by atoms with E-state index in [0.29, 0.717) is 19.1 Å². The van der Waals surface area contributed by atoms with E-state index in [1.807, 2.05) is 18.2 Å². The van der Waals surface area contributed by atoms with Gasteiger partial charge in [0.05, 0.1) is 25.7 Å². The van der Waals surface area contributed by atoms with Crippen LogP contribution in [0.5, 0.6) is 0 Å². The van der Waals surface area contributed by atoms with Crippen LogP contribution in [0.1, 0.15) is 24.8 Å². The zero-order valence-corrected chi connectivity index (χ0v) is 11.6. The summed E-state index contributed by atoms with van der Waals surface area (Å²) in [6, 6.07) is 10.2. The molecule has 2 aliphatic rings. The minimum Gasteiger partial charge on any atom is -0.465 e. The Bertz CT molecular complexity index is 492. The number of ether oxygens (including phenoxy) is 2. The molecule has 1 aromatic carbocycles. The molecule has 1 aromatic rings. The summed E-state index contributed by atoms with van der Waals surface area (Å²) in [6.45, 7) is 1.98. The fraction of sp³-hybridized carbons (Fsp3) is 0.471. The number of hydrogen-bond donors (Lipinski definition) is 0. The lowest BCUT2D eigenvalue weighted by Crippen LogP contribution is -2.19. The third-order valence-corrected chi connectivity index (χ3v) is 4.14. The molecule has 2 atom stereocenters. The number of cyclic esters (lactones) is 1. The highest BCUT2D eigenvalue weighted by atomic mass is 16.5. The number of carbonyl (C=O) groups is 1. The van der Waals surface area contributed by atoms with Gasteiger partial charge in [0.1, 0.15) is 0 Å². The Morgan fingerprint density at radius 1 is 1.25 bits per heavy atom. The van der Waals surface area contributed by atoms with Crippen molar-refractivity contribution < 1.29 is 14.3 Å². The lowest BCUT2D eigenvalue weighted by molar-refractivity contribution is -0.141. The first-order valence-corrected chi connectivity index (χ1v) is 7.31. The number of fused-ring (bicyclic) bond motifs is 1. The van der Waals surface area contributed by atoms with Gasteiger partial charge in [0.2, 0.25) is 0 Å². The van der Waals surface area contributed by atoms with Crippen molar-refractivity contribution in [1.82, 2.24) is 0 Å². The maximum Gasteiger partial charge on any atom is 0.309 e. The van der Waals surface area contributed by atoms with Crippen LogP contribution < -0.4 is 0 Å². The quantitative estimate of drug-likeness (QED) is 0.469. The summed E-state index contributed by atoms with van der Waals surface area (Å²) >= 11 is 0. The molecule has 0 aromatic heterocycles. The zero-order valence-electron chi connectivity index (χ0n) is 11.6. The smallest absolute Gasteiger partial charge is 0.309 e. The SMILES string of the molecule is O=C1OC[C@H]2C=C(CCOCc3ccccc3)CC[C@@H]12. The average Bonchev–Trinajstić information content (AvgIpc) is 2.86. The molecule has 1 fully saturated rings. The zero-order chi connectivity index (χ0) is 13.8. The van der Waals surface area contributed by atoms with Crippen molar-refractivity contribution in [2.24, 2.45) is 11.8 Å². The molecule has 1 saturated heterocycles. The average molecular weight is 272 g/mol. The van der Waals surface area contributed by atoms with E-state index in [9.17, 15) is 4.79 Å². The monoisotopic (exact) mass is 272 g/mol. The highest BCUT2D eigenvalue weighted by Crippen LogP contribution is 2.35. The lowest BCUT2D eigenvalue weighted by atomic mass is 9.82. The summed E-state index contributed by atoms with van der Waals surface area (Å²) < 4.78 is 10.8. The van der Waals surface area contributed by atoms with Gasteiger partial charge in [-0.25, -0.2) is 0 Å². The third-order valence-electron chi connectivity index (χ3n) is 4.14. The molecule has 0 amide bonds. The maximum atomic E-state index is 11.5. The molecule has 3 heteroatoms. The predicted molar refractivity (Wildman–Crippen MR) is 76.0 cm³/mol. The topological polar surface area (TPSA) is 35.5 Å². The Balaban J connectivity index is 1.43. The highest BCUT2D eigenvalue weighted by molar-refractivity contribution is 5.75. The first kappa shape index (κ1) is 13.4. The number of hydrogen-bond acceptors (Lipinski definition) is 3. The van der Waals surface area contributed by atoms with Gasteiger partial charge in [0.15, 0.2) is 0 Å². The van der Waals surface area contributed by atoms with Crippen LogP contribution in [0, 0.1) is 11.8 Å². The van der Waals surface area contributed by atoms with Crippen LogP contribution in [0.15, 0.2) is 42.0 Å². The van der Waals surface area contributed by atoms with Crippen molar-refractivity contribution in [3.8, 4) is 0 Å². The van der Waals surface area contributed by atoms with Gasteiger partial charge in [0, 0.05) is 5.92 Å². The fourth-order valence-electron chi connectivity index (χ4n) is 2.98. The number of carbonyl (C=O) groups excluding carboxylic acids is 1. The molecule has 0 unspecified atom stereocenters. The van der Waals surface area contributed by atoms with Crippen molar-refractivity contribution in [3.63, 3.8) is 0 Å². The molecule has 1 aliphatic heterocycles. The summed E-state index contributed by atoms with van der Waals surface area (Å²) in [6.07, 6.45) is 5.15. The molecule has 0 saturated carbocycles. The van der Waals surface area contributed by atoms with E-state index in [4.69, 9.17) is 9.47 Å². The van der Waals surface area contributed by atoms with Crippen LogP contribution in [0.2, 0.25) is 0 Å². The van der Waals surface area contributed by atoms with E-state index in [0.717, 1.165) is 25.9 Å². The van der Waals surface area contributed by atoms with Gasteiger partial charge in [0.25, 0.3) is 0 Å². The van der Waals surface area contributed by atoms with Crippen molar-refractivity contribution in [2.75, 3.05) is 13.2 Å². The number of esters is 1. The van der Waals surface area contributed by atoms with E-state index in [2.05, 4.69) is 18.2 Å². The Hall–Kier alpha value is -1.61. The number of benzene rings is 1. The molecule has 1 heterocycles. The van der Waals surface area contributed by atoms with Crippen molar-refractivity contribution in [2.45, 2.75) is 25.9 Å². The van der Waals surface area contributed by atoms with Crippen LogP contribution >= 0.6 is 0 Å². The summed E-state index contributed by atoms with van der Waals surface area (Å²) in [5.41, 5.74) is 2.62. The van der Waals surface area contributed by atoms with Crippen molar-refractivity contribution >= 4 is 5.97 Å². The van der Waals surface area contributed by atoms with E-state index in [-0.39, 0.29) is 11.9 Å². The van der Waals surface area contributed by atoms with Gasteiger partial charge in [-0.1, -0.05) is 42.0 Å². The molecule has 106 valence electrons. The first-order chi connectivity index (χ1) is 9.83. The van der Waals surface area contributed by atoms with Crippen LogP contribution in [-0.2, 0) is 20.9 Å². The molecule has 0 N–H and O–H groups in total. The van der Waals surface area contributed by atoms with E-state index < -0.39 is 0 Å².